The van der Waals surface area contributed by atoms with Gasteiger partial charge in [0.2, 0.25) is 11.5 Å². The highest BCUT2D eigenvalue weighted by molar-refractivity contribution is 6.12. The lowest BCUT2D eigenvalue weighted by molar-refractivity contribution is -0.117. The number of likely N-dealkylation sites (tertiary alicyclic amines) is 1. The number of anilines is 2. The van der Waals surface area contributed by atoms with Crippen LogP contribution in [0.15, 0.2) is 53.3 Å². The fraction of sp³-hybridized carbons (Fsp3) is 0.292. The Hall–Kier alpha value is -3.45. The van der Waals surface area contributed by atoms with Gasteiger partial charge in [0.15, 0.2) is 0 Å². The van der Waals surface area contributed by atoms with Gasteiger partial charge in [-0.05, 0) is 56.6 Å². The molecule has 1 aliphatic rings. The van der Waals surface area contributed by atoms with Crippen LogP contribution in [0.2, 0.25) is 0 Å². The zero-order valence-corrected chi connectivity index (χ0v) is 17.5. The summed E-state index contributed by atoms with van der Waals surface area (Å²) in [4.78, 5) is 42.3. The third-order valence-electron chi connectivity index (χ3n) is 5.58. The van der Waals surface area contributed by atoms with E-state index in [1.54, 1.807) is 30.3 Å². The fourth-order valence-corrected chi connectivity index (χ4v) is 3.94. The molecule has 2 aromatic carbocycles. The van der Waals surface area contributed by atoms with E-state index in [-0.39, 0.29) is 17.4 Å². The Morgan fingerprint density at radius 3 is 2.58 bits per heavy atom. The molecular weight excluding hydrogens is 392 g/mol. The van der Waals surface area contributed by atoms with E-state index in [9.17, 15) is 14.4 Å². The van der Waals surface area contributed by atoms with Gasteiger partial charge < -0.3 is 15.6 Å². The second-order valence-electron chi connectivity index (χ2n) is 7.96. The molecule has 4 rings (SSSR count). The number of aryl methyl sites for hydroxylation is 1. The molecule has 7 heteroatoms. The number of nitrogens with zero attached hydrogens (tertiary/aromatic N) is 1. The number of hydrogen-bond acceptors (Lipinski definition) is 4. The van der Waals surface area contributed by atoms with E-state index in [4.69, 9.17) is 0 Å². The van der Waals surface area contributed by atoms with Gasteiger partial charge in [-0.15, -0.1) is 0 Å². The zero-order valence-electron chi connectivity index (χ0n) is 17.5. The first-order chi connectivity index (χ1) is 15.0. The minimum atomic E-state index is -0.378. The Balaban J connectivity index is 1.50. The van der Waals surface area contributed by atoms with Crippen LogP contribution in [0.4, 0.5) is 11.4 Å². The standard InChI is InChI=1S/C24H26N4O3/c1-16-9-10-17(13-21(16)27-23(30)15-28-11-5-2-6-12-28)25-24(31)19-14-22(29)26-20-8-4-3-7-18(19)20/h3-4,7-10,13-14H,2,5-6,11-12,15H2,1H3,(H,25,31)(H,26,29)(H,27,30). The summed E-state index contributed by atoms with van der Waals surface area (Å²) in [5.74, 6) is -0.439. The lowest BCUT2D eigenvalue weighted by atomic mass is 10.1. The van der Waals surface area contributed by atoms with Gasteiger partial charge in [0.25, 0.3) is 5.91 Å². The van der Waals surface area contributed by atoms with E-state index in [0.29, 0.717) is 34.4 Å². The van der Waals surface area contributed by atoms with Crippen molar-refractivity contribution in [1.29, 1.82) is 0 Å². The van der Waals surface area contributed by atoms with Crippen LogP contribution in [-0.4, -0.2) is 41.3 Å². The van der Waals surface area contributed by atoms with Crippen molar-refractivity contribution in [3.8, 4) is 0 Å². The predicted molar refractivity (Wildman–Crippen MR) is 123 cm³/mol. The van der Waals surface area contributed by atoms with Crippen molar-refractivity contribution in [2.75, 3.05) is 30.3 Å². The number of para-hydroxylation sites is 1. The van der Waals surface area contributed by atoms with Crippen LogP contribution in [0.5, 0.6) is 0 Å². The normalized spacial score (nSPS) is 14.4. The SMILES string of the molecule is Cc1ccc(NC(=O)c2cc(=O)[nH]c3ccccc23)cc1NC(=O)CN1CCCCC1. The van der Waals surface area contributed by atoms with Crippen LogP contribution >= 0.6 is 0 Å². The van der Waals surface area contributed by atoms with Crippen LogP contribution in [-0.2, 0) is 4.79 Å². The van der Waals surface area contributed by atoms with Gasteiger partial charge in [-0.3, -0.25) is 19.3 Å². The third-order valence-corrected chi connectivity index (χ3v) is 5.58. The van der Waals surface area contributed by atoms with Crippen LogP contribution in [0, 0.1) is 6.92 Å². The van der Waals surface area contributed by atoms with E-state index >= 15 is 0 Å². The van der Waals surface area contributed by atoms with E-state index in [1.165, 1.54) is 12.5 Å². The number of nitrogens with one attached hydrogen (secondary N) is 3. The first kappa shape index (κ1) is 20.8. The Bertz CT molecular complexity index is 1180. The second-order valence-corrected chi connectivity index (χ2v) is 7.96. The molecule has 1 saturated heterocycles. The number of pyridine rings is 1. The van der Waals surface area contributed by atoms with Crippen molar-refractivity contribution >= 4 is 34.1 Å². The molecule has 2 amide bonds. The molecule has 7 nitrogen and oxygen atoms in total. The number of aromatic amines is 1. The Kier molecular flexibility index (Phi) is 6.13. The van der Waals surface area contributed by atoms with Gasteiger partial charge in [0.05, 0.1) is 12.1 Å². The molecule has 0 saturated carbocycles. The number of amides is 2. The molecule has 1 aromatic heterocycles. The van der Waals surface area contributed by atoms with Crippen molar-refractivity contribution in [2.45, 2.75) is 26.2 Å². The van der Waals surface area contributed by atoms with E-state index in [1.807, 2.05) is 19.1 Å². The molecule has 3 aromatic rings. The van der Waals surface area contributed by atoms with E-state index in [0.717, 1.165) is 31.5 Å². The minimum Gasteiger partial charge on any atom is -0.325 e. The summed E-state index contributed by atoms with van der Waals surface area (Å²) in [7, 11) is 0. The summed E-state index contributed by atoms with van der Waals surface area (Å²) in [5.41, 5.74) is 2.69. The molecule has 2 heterocycles. The minimum absolute atomic E-state index is 0.0611. The highest BCUT2D eigenvalue weighted by Crippen LogP contribution is 2.22. The topological polar surface area (TPSA) is 94.3 Å². The van der Waals surface area contributed by atoms with Gasteiger partial charge in [-0.25, -0.2) is 0 Å². The fourth-order valence-electron chi connectivity index (χ4n) is 3.94. The number of piperidine rings is 1. The molecule has 3 N–H and O–H groups in total. The van der Waals surface area contributed by atoms with Gasteiger partial charge in [-0.2, -0.15) is 0 Å². The van der Waals surface area contributed by atoms with Crippen molar-refractivity contribution < 1.29 is 9.59 Å². The predicted octanol–water partition coefficient (Wildman–Crippen LogP) is 3.51. The van der Waals surface area contributed by atoms with E-state index < -0.39 is 0 Å². The largest absolute Gasteiger partial charge is 0.325 e. The number of hydrogen-bond donors (Lipinski definition) is 3. The van der Waals surface area contributed by atoms with Crippen LogP contribution < -0.4 is 16.2 Å². The number of benzene rings is 2. The first-order valence-corrected chi connectivity index (χ1v) is 10.6. The molecule has 1 aliphatic heterocycles. The highest BCUT2D eigenvalue weighted by Gasteiger charge is 2.16. The Morgan fingerprint density at radius 1 is 1.00 bits per heavy atom. The maximum Gasteiger partial charge on any atom is 0.256 e. The van der Waals surface area contributed by atoms with Crippen molar-refractivity contribution in [3.63, 3.8) is 0 Å². The van der Waals surface area contributed by atoms with E-state index in [2.05, 4.69) is 20.5 Å². The summed E-state index contributed by atoms with van der Waals surface area (Å²) >= 11 is 0. The monoisotopic (exact) mass is 418 g/mol. The van der Waals surface area contributed by atoms with Gasteiger partial charge in [0.1, 0.15) is 0 Å². The summed E-state index contributed by atoms with van der Waals surface area (Å²) in [6, 6.07) is 13.9. The smallest absolute Gasteiger partial charge is 0.256 e. The van der Waals surface area contributed by atoms with Crippen LogP contribution in [0.1, 0.15) is 35.2 Å². The molecule has 0 unspecified atom stereocenters. The van der Waals surface area contributed by atoms with Crippen molar-refractivity contribution in [3.05, 3.63) is 70.0 Å². The van der Waals surface area contributed by atoms with Crippen molar-refractivity contribution in [1.82, 2.24) is 9.88 Å². The summed E-state index contributed by atoms with van der Waals surface area (Å²) in [6.45, 7) is 4.18. The molecular formula is C24H26N4O3. The molecule has 0 aliphatic carbocycles. The summed E-state index contributed by atoms with van der Waals surface area (Å²) in [6.07, 6.45) is 3.48. The summed E-state index contributed by atoms with van der Waals surface area (Å²) < 4.78 is 0. The first-order valence-electron chi connectivity index (χ1n) is 10.6. The Labute approximate surface area is 180 Å². The number of H-pyrrole nitrogens is 1. The molecule has 160 valence electrons. The molecule has 0 radical (unpaired) electrons. The quantitative estimate of drug-likeness (QED) is 0.591. The van der Waals surface area contributed by atoms with Gasteiger partial charge >= 0.3 is 0 Å². The number of carbonyl (C=O) groups is 2. The van der Waals surface area contributed by atoms with Gasteiger partial charge in [-0.1, -0.05) is 30.7 Å². The average molecular weight is 418 g/mol. The number of fused-ring (bicyclic) bond motifs is 1. The molecule has 31 heavy (non-hydrogen) atoms. The molecule has 0 atom stereocenters. The maximum absolute atomic E-state index is 12.9. The molecule has 0 bridgehead atoms. The highest BCUT2D eigenvalue weighted by atomic mass is 16.2. The second kappa shape index (κ2) is 9.14. The lowest BCUT2D eigenvalue weighted by Gasteiger charge is -2.25. The lowest BCUT2D eigenvalue weighted by Crippen LogP contribution is -2.36. The number of aromatic nitrogens is 1. The van der Waals surface area contributed by atoms with Gasteiger partial charge in [0, 0.05) is 28.3 Å². The van der Waals surface area contributed by atoms with Crippen LogP contribution in [0.3, 0.4) is 0 Å². The van der Waals surface area contributed by atoms with Crippen LogP contribution in [0.25, 0.3) is 10.9 Å². The molecule has 0 spiro atoms. The van der Waals surface area contributed by atoms with Crippen molar-refractivity contribution in [2.24, 2.45) is 0 Å². The third kappa shape index (κ3) is 5.00. The Morgan fingerprint density at radius 2 is 1.77 bits per heavy atom. The zero-order chi connectivity index (χ0) is 21.8. The molecule has 1 fully saturated rings. The maximum atomic E-state index is 12.9. The average Bonchev–Trinajstić information content (AvgIpc) is 2.76. The number of rotatable bonds is 5. The number of carbonyl (C=O) groups excluding carboxylic acids is 2. The summed E-state index contributed by atoms with van der Waals surface area (Å²) in [5, 5.41) is 6.48.